The Hall–Kier alpha value is -1.01. The van der Waals surface area contributed by atoms with Gasteiger partial charge in [0.2, 0.25) is 0 Å². The molecule has 0 aliphatic rings. The number of hydrogen-bond acceptors (Lipinski definition) is 2. The van der Waals surface area contributed by atoms with E-state index in [0.717, 1.165) is 10.5 Å². The molecule has 0 saturated heterocycles. The smallest absolute Gasteiger partial charge is 0.179 e. The van der Waals surface area contributed by atoms with Crippen molar-refractivity contribution in [2.24, 2.45) is 7.05 Å². The summed E-state index contributed by atoms with van der Waals surface area (Å²) in [6.45, 7) is 2.10. The highest BCUT2D eigenvalue weighted by atomic mass is 127. The number of pyridine rings is 1. The van der Waals surface area contributed by atoms with E-state index in [4.69, 9.17) is 0 Å². The van der Waals surface area contributed by atoms with Gasteiger partial charge in [0.25, 0.3) is 0 Å². The van der Waals surface area contributed by atoms with Gasteiger partial charge in [-0.3, -0.25) is 0 Å². The average Bonchev–Trinajstić information content (AvgIpc) is 2.76. The number of halogens is 1. The first-order valence-electron chi connectivity index (χ1n) is 5.56. The predicted octanol–water partition coefficient (Wildman–Crippen LogP) is 0.100. The van der Waals surface area contributed by atoms with Crippen LogP contribution in [0.1, 0.15) is 5.69 Å². The van der Waals surface area contributed by atoms with Crippen molar-refractivity contribution in [2.75, 3.05) is 0 Å². The second kappa shape index (κ2) is 5.32. The van der Waals surface area contributed by atoms with Crippen LogP contribution in [0.5, 0.6) is 0 Å². The van der Waals surface area contributed by atoms with Gasteiger partial charge in [-0.05, 0) is 18.2 Å². The lowest BCUT2D eigenvalue weighted by Crippen LogP contribution is -3.00. The summed E-state index contributed by atoms with van der Waals surface area (Å²) in [5.74, 6) is 0. The van der Waals surface area contributed by atoms with Crippen molar-refractivity contribution in [1.29, 1.82) is 0 Å². The highest BCUT2D eigenvalue weighted by Gasteiger charge is 2.09. The minimum atomic E-state index is 0. The minimum Gasteiger partial charge on any atom is -1.00 e. The number of nitrogens with zero attached hydrogens (tertiary/aromatic N) is 2. The summed E-state index contributed by atoms with van der Waals surface area (Å²) in [5.41, 5.74) is 3.50. The molecule has 18 heavy (non-hydrogen) atoms. The standard InChI is InChI=1S/C14H13N2S.HI/c1-10-7-8-11(9-16(10)2)14-15-12-5-3-4-6-13(12)17-14;/h3-9H,1-2H3;1H/q+1;/p-1. The van der Waals surface area contributed by atoms with Crippen molar-refractivity contribution >= 4 is 21.6 Å². The summed E-state index contributed by atoms with van der Waals surface area (Å²) < 4.78 is 3.37. The number of fused-ring (bicyclic) bond motifs is 1. The zero-order valence-corrected chi connectivity index (χ0v) is 13.2. The molecule has 0 unspecified atom stereocenters. The molecule has 0 aliphatic carbocycles. The molecule has 0 saturated carbocycles. The maximum Gasteiger partial charge on any atom is 0.179 e. The van der Waals surface area contributed by atoms with Gasteiger partial charge in [-0.1, -0.05) is 12.1 Å². The number of aryl methyl sites for hydroxylation is 2. The first-order chi connectivity index (χ1) is 8.24. The minimum absolute atomic E-state index is 0. The molecule has 0 radical (unpaired) electrons. The molecule has 0 aliphatic heterocycles. The first kappa shape index (κ1) is 13.4. The van der Waals surface area contributed by atoms with Crippen LogP contribution in [0.3, 0.4) is 0 Å². The van der Waals surface area contributed by atoms with E-state index in [0.29, 0.717) is 0 Å². The van der Waals surface area contributed by atoms with Crippen molar-refractivity contribution < 1.29 is 28.5 Å². The summed E-state index contributed by atoms with van der Waals surface area (Å²) in [6, 6.07) is 12.5. The molecule has 3 rings (SSSR count). The van der Waals surface area contributed by atoms with Gasteiger partial charge < -0.3 is 24.0 Å². The van der Waals surface area contributed by atoms with Gasteiger partial charge in [-0.25, -0.2) is 9.55 Å². The largest absolute Gasteiger partial charge is 1.00 e. The van der Waals surface area contributed by atoms with Crippen LogP contribution in [-0.4, -0.2) is 4.98 Å². The van der Waals surface area contributed by atoms with Gasteiger partial charge in [0.05, 0.1) is 15.8 Å². The van der Waals surface area contributed by atoms with Crippen LogP contribution < -0.4 is 28.5 Å². The molecule has 0 atom stereocenters. The summed E-state index contributed by atoms with van der Waals surface area (Å²) in [4.78, 5) is 4.66. The van der Waals surface area contributed by atoms with Gasteiger partial charge >= 0.3 is 0 Å². The summed E-state index contributed by atoms with van der Waals surface area (Å²) in [6.07, 6.45) is 2.13. The Balaban J connectivity index is 0.00000120. The summed E-state index contributed by atoms with van der Waals surface area (Å²) in [5, 5.41) is 1.09. The maximum absolute atomic E-state index is 4.66. The molecule has 0 amide bonds. The Morgan fingerprint density at radius 3 is 2.61 bits per heavy atom. The molecule has 0 N–H and O–H groups in total. The molecule has 0 spiro atoms. The number of rotatable bonds is 1. The van der Waals surface area contributed by atoms with E-state index < -0.39 is 0 Å². The Labute approximate surface area is 127 Å². The van der Waals surface area contributed by atoms with Crippen LogP contribution >= 0.6 is 11.3 Å². The monoisotopic (exact) mass is 368 g/mol. The summed E-state index contributed by atoms with van der Waals surface area (Å²) >= 11 is 1.74. The average molecular weight is 368 g/mol. The van der Waals surface area contributed by atoms with E-state index in [-0.39, 0.29) is 24.0 Å². The van der Waals surface area contributed by atoms with E-state index in [1.807, 2.05) is 6.07 Å². The van der Waals surface area contributed by atoms with E-state index in [1.165, 1.54) is 16.0 Å². The molecule has 2 nitrogen and oxygen atoms in total. The SMILES string of the molecule is Cc1ccc(-c2nc3ccccc3s2)c[n+]1C.[I-]. The lowest BCUT2D eigenvalue weighted by Gasteiger charge is -1.96. The van der Waals surface area contributed by atoms with E-state index in [2.05, 4.69) is 60.1 Å². The molecule has 2 heterocycles. The third kappa shape index (κ3) is 2.40. The van der Waals surface area contributed by atoms with Gasteiger partial charge in [0, 0.05) is 13.0 Å². The van der Waals surface area contributed by atoms with Crippen LogP contribution in [0.2, 0.25) is 0 Å². The zero-order chi connectivity index (χ0) is 11.8. The quantitative estimate of drug-likeness (QED) is 0.440. The topological polar surface area (TPSA) is 16.8 Å². The lowest BCUT2D eigenvalue weighted by molar-refractivity contribution is -0.677. The van der Waals surface area contributed by atoms with Crippen LogP contribution in [0.4, 0.5) is 0 Å². The highest BCUT2D eigenvalue weighted by Crippen LogP contribution is 2.29. The number of aromatic nitrogens is 2. The fourth-order valence-electron chi connectivity index (χ4n) is 1.80. The molecular weight excluding hydrogens is 355 g/mol. The van der Waals surface area contributed by atoms with Crippen molar-refractivity contribution in [3.05, 3.63) is 48.3 Å². The normalized spacial score (nSPS) is 10.3. The van der Waals surface area contributed by atoms with Crippen molar-refractivity contribution in [3.63, 3.8) is 0 Å². The number of thiazole rings is 1. The fourth-order valence-corrected chi connectivity index (χ4v) is 2.76. The zero-order valence-electron chi connectivity index (χ0n) is 10.2. The molecule has 3 aromatic rings. The van der Waals surface area contributed by atoms with E-state index >= 15 is 0 Å². The van der Waals surface area contributed by atoms with Crippen LogP contribution in [0, 0.1) is 6.92 Å². The van der Waals surface area contributed by atoms with E-state index in [9.17, 15) is 0 Å². The molecule has 0 bridgehead atoms. The van der Waals surface area contributed by atoms with Crippen LogP contribution in [0.15, 0.2) is 42.6 Å². The number of hydrogen-bond donors (Lipinski definition) is 0. The Morgan fingerprint density at radius 1 is 1.11 bits per heavy atom. The Morgan fingerprint density at radius 2 is 1.89 bits per heavy atom. The Bertz CT molecular complexity index is 658. The molecular formula is C14H13IN2S. The van der Waals surface area contributed by atoms with Gasteiger partial charge in [-0.15, -0.1) is 11.3 Å². The van der Waals surface area contributed by atoms with Crippen molar-refractivity contribution in [1.82, 2.24) is 4.98 Å². The van der Waals surface area contributed by atoms with Gasteiger partial charge in [0.1, 0.15) is 12.1 Å². The van der Waals surface area contributed by atoms with Crippen LogP contribution in [-0.2, 0) is 7.05 Å². The van der Waals surface area contributed by atoms with Gasteiger partial charge in [0.15, 0.2) is 11.9 Å². The highest BCUT2D eigenvalue weighted by molar-refractivity contribution is 7.21. The first-order valence-corrected chi connectivity index (χ1v) is 6.38. The molecule has 4 heteroatoms. The Kier molecular flexibility index (Phi) is 3.97. The molecule has 92 valence electrons. The van der Waals surface area contributed by atoms with E-state index in [1.54, 1.807) is 11.3 Å². The van der Waals surface area contributed by atoms with Crippen molar-refractivity contribution in [2.45, 2.75) is 6.92 Å². The second-order valence-electron chi connectivity index (χ2n) is 4.16. The fraction of sp³-hybridized carbons (Fsp3) is 0.143. The molecule has 1 aromatic carbocycles. The third-order valence-electron chi connectivity index (χ3n) is 2.93. The third-order valence-corrected chi connectivity index (χ3v) is 4.02. The van der Waals surface area contributed by atoms with Crippen molar-refractivity contribution in [3.8, 4) is 10.6 Å². The second-order valence-corrected chi connectivity index (χ2v) is 5.19. The number of benzene rings is 1. The molecule has 2 aromatic heterocycles. The lowest BCUT2D eigenvalue weighted by atomic mass is 10.2. The van der Waals surface area contributed by atoms with Gasteiger partial charge in [-0.2, -0.15) is 0 Å². The summed E-state index contributed by atoms with van der Waals surface area (Å²) in [7, 11) is 2.06. The predicted molar refractivity (Wildman–Crippen MR) is 71.0 cm³/mol. The number of para-hydroxylation sites is 1. The maximum atomic E-state index is 4.66. The van der Waals surface area contributed by atoms with Crippen LogP contribution in [0.25, 0.3) is 20.8 Å². The molecule has 0 fully saturated rings.